The van der Waals surface area contributed by atoms with E-state index in [1.165, 1.54) is 12.1 Å². The Labute approximate surface area is 127 Å². The van der Waals surface area contributed by atoms with Crippen LogP contribution in [0.5, 0.6) is 0 Å². The van der Waals surface area contributed by atoms with Gasteiger partial charge in [-0.3, -0.25) is 0 Å². The van der Waals surface area contributed by atoms with Gasteiger partial charge in [0.1, 0.15) is 0 Å². The molecule has 1 aromatic carbocycles. The maximum absolute atomic E-state index is 13.0. The molecule has 0 radical (unpaired) electrons. The van der Waals surface area contributed by atoms with Crippen LogP contribution in [0, 0.1) is 0 Å². The maximum Gasteiger partial charge on any atom is 0.418 e. The number of nitrogens with zero attached hydrogens (tertiary/aromatic N) is 1. The van der Waals surface area contributed by atoms with E-state index in [2.05, 4.69) is 4.72 Å². The van der Waals surface area contributed by atoms with Crippen LogP contribution in [0.3, 0.4) is 0 Å². The molecule has 1 saturated heterocycles. The van der Waals surface area contributed by atoms with Crippen molar-refractivity contribution in [2.45, 2.75) is 36.7 Å². The molecule has 0 amide bonds. The van der Waals surface area contributed by atoms with Crippen molar-refractivity contribution >= 4 is 15.7 Å². The Morgan fingerprint density at radius 2 is 1.82 bits per heavy atom. The fourth-order valence-electron chi connectivity index (χ4n) is 2.77. The van der Waals surface area contributed by atoms with Crippen LogP contribution in [0.15, 0.2) is 24.3 Å². The summed E-state index contributed by atoms with van der Waals surface area (Å²) in [5, 5.41) is -0.316. The Morgan fingerprint density at radius 3 is 2.45 bits per heavy atom. The molecular weight excluding hydrogens is 317 g/mol. The highest BCUT2D eigenvalue weighted by Crippen LogP contribution is 2.37. The molecule has 0 unspecified atom stereocenters. The van der Waals surface area contributed by atoms with Gasteiger partial charge in [0.2, 0.25) is 10.0 Å². The Bertz CT molecular complexity index is 656. The minimum Gasteiger partial charge on any atom is -0.369 e. The first-order valence-electron chi connectivity index (χ1n) is 7.20. The fourth-order valence-corrected chi connectivity index (χ4v) is 4.38. The molecule has 4 nitrogen and oxygen atoms in total. The van der Waals surface area contributed by atoms with Crippen molar-refractivity contribution < 1.29 is 21.6 Å². The molecule has 1 saturated carbocycles. The summed E-state index contributed by atoms with van der Waals surface area (Å²) in [5.41, 5.74) is -0.566. The van der Waals surface area contributed by atoms with Gasteiger partial charge >= 0.3 is 6.18 Å². The minimum atomic E-state index is -4.41. The summed E-state index contributed by atoms with van der Waals surface area (Å²) >= 11 is 0. The standard InChI is InChI=1S/C14H17F3N2O2S/c15-14(16,17)12-3-1-2-4-13(12)19-8-7-10(9-19)18-22(20,21)11-5-6-11/h1-4,10-11,18H,5-9H2/t10-/m1/s1. The third-order valence-corrected chi connectivity index (χ3v) is 6.04. The first-order chi connectivity index (χ1) is 10.3. The van der Waals surface area contributed by atoms with E-state index in [0.717, 1.165) is 6.07 Å². The van der Waals surface area contributed by atoms with Crippen molar-refractivity contribution in [2.75, 3.05) is 18.0 Å². The van der Waals surface area contributed by atoms with Crippen molar-refractivity contribution in [1.29, 1.82) is 0 Å². The molecule has 3 rings (SSSR count). The number of hydrogen-bond acceptors (Lipinski definition) is 3. The maximum atomic E-state index is 13.0. The number of alkyl halides is 3. The summed E-state index contributed by atoms with van der Waals surface area (Å²) in [6.07, 6.45) is -2.56. The zero-order valence-electron chi connectivity index (χ0n) is 11.8. The predicted octanol–water partition coefficient (Wildman–Crippen LogP) is 2.37. The Balaban J connectivity index is 1.73. The summed E-state index contributed by atoms with van der Waals surface area (Å²) in [5.74, 6) is 0. The molecule has 1 aliphatic heterocycles. The van der Waals surface area contributed by atoms with E-state index in [-0.39, 0.29) is 23.5 Å². The van der Waals surface area contributed by atoms with Crippen LogP contribution < -0.4 is 9.62 Å². The van der Waals surface area contributed by atoms with Gasteiger partial charge < -0.3 is 4.90 Å². The van der Waals surface area contributed by atoms with Gasteiger partial charge in [-0.2, -0.15) is 13.2 Å². The molecule has 1 aliphatic carbocycles. The number of halogens is 3. The normalized spacial score (nSPS) is 23.0. The summed E-state index contributed by atoms with van der Waals surface area (Å²) in [4.78, 5) is 1.60. The Morgan fingerprint density at radius 1 is 1.14 bits per heavy atom. The van der Waals surface area contributed by atoms with Crippen LogP contribution in [0.2, 0.25) is 0 Å². The molecule has 8 heteroatoms. The second-order valence-corrected chi connectivity index (χ2v) is 7.80. The molecule has 22 heavy (non-hydrogen) atoms. The van der Waals surface area contributed by atoms with Crippen LogP contribution in [-0.4, -0.2) is 32.8 Å². The van der Waals surface area contributed by atoms with E-state index < -0.39 is 21.8 Å². The van der Waals surface area contributed by atoms with Gasteiger partial charge in [-0.05, 0) is 31.4 Å². The highest BCUT2D eigenvalue weighted by molar-refractivity contribution is 7.90. The van der Waals surface area contributed by atoms with E-state index in [9.17, 15) is 21.6 Å². The number of hydrogen-bond donors (Lipinski definition) is 1. The second kappa shape index (κ2) is 5.42. The van der Waals surface area contributed by atoms with Crippen molar-refractivity contribution in [2.24, 2.45) is 0 Å². The van der Waals surface area contributed by atoms with Gasteiger partial charge in [-0.25, -0.2) is 13.1 Å². The average molecular weight is 334 g/mol. The first kappa shape index (κ1) is 15.6. The predicted molar refractivity (Wildman–Crippen MR) is 77.1 cm³/mol. The second-order valence-electron chi connectivity index (χ2n) is 5.81. The van der Waals surface area contributed by atoms with Crippen LogP contribution in [0.4, 0.5) is 18.9 Å². The SMILES string of the molecule is O=S(=O)(N[C@@H]1CCN(c2ccccc2C(F)(F)F)C1)C1CC1. The van der Waals surface area contributed by atoms with E-state index in [1.807, 2.05) is 0 Å². The lowest BCUT2D eigenvalue weighted by atomic mass is 10.1. The monoisotopic (exact) mass is 334 g/mol. The lowest BCUT2D eigenvalue weighted by Gasteiger charge is -2.23. The van der Waals surface area contributed by atoms with E-state index in [0.29, 0.717) is 25.8 Å². The van der Waals surface area contributed by atoms with Crippen molar-refractivity contribution in [3.63, 3.8) is 0 Å². The summed E-state index contributed by atoms with van der Waals surface area (Å²) in [6.45, 7) is 0.671. The van der Waals surface area contributed by atoms with E-state index in [4.69, 9.17) is 0 Å². The average Bonchev–Trinajstić information content (AvgIpc) is 3.20. The number of benzene rings is 1. The summed E-state index contributed by atoms with van der Waals surface area (Å²) < 4.78 is 65.6. The smallest absolute Gasteiger partial charge is 0.369 e. The Kier molecular flexibility index (Phi) is 3.84. The highest BCUT2D eigenvalue weighted by Gasteiger charge is 2.40. The molecule has 2 aliphatic rings. The molecule has 2 fully saturated rings. The highest BCUT2D eigenvalue weighted by atomic mass is 32.2. The molecule has 1 aromatic rings. The topological polar surface area (TPSA) is 49.4 Å². The van der Waals surface area contributed by atoms with Gasteiger partial charge in [-0.15, -0.1) is 0 Å². The third kappa shape index (κ3) is 3.22. The minimum absolute atomic E-state index is 0.114. The van der Waals surface area contributed by atoms with Crippen LogP contribution in [-0.2, 0) is 16.2 Å². The lowest BCUT2D eigenvalue weighted by Crippen LogP contribution is -2.39. The molecule has 1 atom stereocenters. The quantitative estimate of drug-likeness (QED) is 0.920. The van der Waals surface area contributed by atoms with Crippen molar-refractivity contribution in [1.82, 2.24) is 4.72 Å². The number of sulfonamides is 1. The molecular formula is C14H17F3N2O2S. The molecule has 122 valence electrons. The number of rotatable bonds is 4. The van der Waals surface area contributed by atoms with E-state index in [1.54, 1.807) is 11.0 Å². The van der Waals surface area contributed by atoms with E-state index >= 15 is 0 Å². The van der Waals surface area contributed by atoms with Crippen molar-refractivity contribution in [3.05, 3.63) is 29.8 Å². The first-order valence-corrected chi connectivity index (χ1v) is 8.74. The van der Waals surface area contributed by atoms with Crippen molar-refractivity contribution in [3.8, 4) is 0 Å². The third-order valence-electron chi connectivity index (χ3n) is 4.03. The molecule has 0 bridgehead atoms. The zero-order valence-corrected chi connectivity index (χ0v) is 12.6. The largest absolute Gasteiger partial charge is 0.418 e. The molecule has 0 aromatic heterocycles. The zero-order chi connectivity index (χ0) is 16.0. The molecule has 1 heterocycles. The van der Waals surface area contributed by atoms with Gasteiger partial charge in [0.15, 0.2) is 0 Å². The van der Waals surface area contributed by atoms with Crippen LogP contribution in [0.25, 0.3) is 0 Å². The van der Waals surface area contributed by atoms with Gasteiger partial charge in [0.25, 0.3) is 0 Å². The van der Waals surface area contributed by atoms with Gasteiger partial charge in [-0.1, -0.05) is 12.1 Å². The van der Waals surface area contributed by atoms with Gasteiger partial charge in [0, 0.05) is 24.8 Å². The number of anilines is 1. The number of nitrogens with one attached hydrogen (secondary N) is 1. The number of para-hydroxylation sites is 1. The fraction of sp³-hybridized carbons (Fsp3) is 0.571. The molecule has 0 spiro atoms. The summed E-state index contributed by atoms with van der Waals surface area (Å²) in [6, 6.07) is 5.08. The molecule has 1 N–H and O–H groups in total. The van der Waals surface area contributed by atoms with Crippen LogP contribution >= 0.6 is 0 Å². The Hall–Kier alpha value is -1.28. The lowest BCUT2D eigenvalue weighted by molar-refractivity contribution is -0.137. The van der Waals surface area contributed by atoms with Gasteiger partial charge in [0.05, 0.1) is 10.8 Å². The van der Waals surface area contributed by atoms with Crippen LogP contribution in [0.1, 0.15) is 24.8 Å². The summed E-state index contributed by atoms with van der Waals surface area (Å²) in [7, 11) is -3.31.